The van der Waals surface area contributed by atoms with Gasteiger partial charge in [0.25, 0.3) is 0 Å². The molecule has 0 bridgehead atoms. The Labute approximate surface area is 327 Å². The average molecular weight is 725 g/mol. The summed E-state index contributed by atoms with van der Waals surface area (Å²) in [5.41, 5.74) is 14.1. The van der Waals surface area contributed by atoms with E-state index in [-0.39, 0.29) is 0 Å². The van der Waals surface area contributed by atoms with Gasteiger partial charge in [0.05, 0.1) is 33.1 Å². The Bertz CT molecular complexity index is 3770. The molecule has 1 aliphatic carbocycles. The lowest BCUT2D eigenvalue weighted by Crippen LogP contribution is -2.04. The molecule has 0 N–H and O–H groups in total. The minimum atomic E-state index is 0.814. The van der Waals surface area contributed by atoms with Crippen LogP contribution in [0, 0.1) is 0 Å². The van der Waals surface area contributed by atoms with E-state index in [1.54, 1.807) is 0 Å². The number of rotatable bonds is 4. The van der Waals surface area contributed by atoms with Gasteiger partial charge in [-0.1, -0.05) is 127 Å². The normalized spacial score (nSPS) is 12.4. The third-order valence-electron chi connectivity index (χ3n) is 12.4. The maximum Gasteiger partial charge on any atom is 0.165 e. The average Bonchev–Trinajstić information content (AvgIpc) is 3.74. The number of fused-ring (bicyclic) bond motifs is 5. The lowest BCUT2D eigenvalue weighted by molar-refractivity contribution is 1.08. The van der Waals surface area contributed by atoms with Crippen LogP contribution in [-0.2, 0) is 0 Å². The summed E-state index contributed by atoms with van der Waals surface area (Å²) in [6.45, 7) is 6.42. The Hall–Kier alpha value is -7.56. The van der Waals surface area contributed by atoms with E-state index >= 15 is 0 Å². The Morgan fingerprint density at radius 3 is 1.86 bits per heavy atom. The van der Waals surface area contributed by atoms with Crippen molar-refractivity contribution in [2.24, 2.45) is 0 Å². The number of benzene rings is 9. The first-order chi connectivity index (χ1) is 28.1. The summed E-state index contributed by atoms with van der Waals surface area (Å²) in [6.07, 6.45) is 0. The first kappa shape index (κ1) is 30.7. The SMILES string of the molecule is C=C(C)c1cccc2ccc(-c3nc4c(ccc5ccccc54)nc3-n3c4cccc5c4c4c6c(ccc7c6c6c-5cccc6n7-c5ccccc5)ccc43)cc12. The second-order valence-corrected chi connectivity index (χ2v) is 15.5. The monoisotopic (exact) mass is 724 g/mol. The van der Waals surface area contributed by atoms with Crippen LogP contribution < -0.4 is 0 Å². The molecule has 0 saturated heterocycles. The standard InChI is InChI=1S/C53H32N4/c1-30(2)36-16-8-12-32-21-22-34(29-40(32)36)51-53(54-41-26-23-31-11-6-7-15-37(31)52(41)55-51)57-43-20-10-18-39-38-17-9-19-42-47(38)49-44(56(42)35-13-4-3-5-14-35)27-24-33-25-28-45(57)50(46(33)49)48(39)43/h3-29H,1H2,2H3. The molecule has 264 valence electrons. The topological polar surface area (TPSA) is 35.6 Å². The fourth-order valence-electron chi connectivity index (χ4n) is 9.97. The minimum absolute atomic E-state index is 0.814. The Kier molecular flexibility index (Phi) is 5.94. The first-order valence-electron chi connectivity index (χ1n) is 19.5. The Morgan fingerprint density at radius 1 is 0.474 bits per heavy atom. The van der Waals surface area contributed by atoms with Crippen LogP contribution in [0.25, 0.3) is 126 Å². The van der Waals surface area contributed by atoms with Crippen molar-refractivity contribution in [3.05, 3.63) is 176 Å². The van der Waals surface area contributed by atoms with Crippen LogP contribution >= 0.6 is 0 Å². The first-order valence-corrected chi connectivity index (χ1v) is 19.5. The third kappa shape index (κ3) is 4.01. The van der Waals surface area contributed by atoms with E-state index in [1.165, 1.54) is 59.9 Å². The van der Waals surface area contributed by atoms with Gasteiger partial charge in [-0.15, -0.1) is 0 Å². The van der Waals surface area contributed by atoms with Crippen LogP contribution in [0.5, 0.6) is 0 Å². The van der Waals surface area contributed by atoms with Crippen molar-refractivity contribution in [3.63, 3.8) is 0 Å². The molecule has 0 spiro atoms. The Morgan fingerprint density at radius 2 is 1.09 bits per heavy atom. The van der Waals surface area contributed by atoms with Crippen molar-refractivity contribution >= 4 is 92.5 Å². The molecule has 4 nitrogen and oxygen atoms in total. The highest BCUT2D eigenvalue weighted by atomic mass is 15.1. The van der Waals surface area contributed by atoms with Crippen LogP contribution in [-0.4, -0.2) is 19.1 Å². The second kappa shape index (κ2) is 11.0. The largest absolute Gasteiger partial charge is 0.309 e. The maximum absolute atomic E-state index is 5.63. The zero-order valence-corrected chi connectivity index (χ0v) is 31.1. The summed E-state index contributed by atoms with van der Waals surface area (Å²) >= 11 is 0. The van der Waals surface area contributed by atoms with Crippen LogP contribution in [0.4, 0.5) is 0 Å². The highest BCUT2D eigenvalue weighted by Crippen LogP contribution is 2.51. The van der Waals surface area contributed by atoms with E-state index in [9.17, 15) is 0 Å². The van der Waals surface area contributed by atoms with Gasteiger partial charge >= 0.3 is 0 Å². The minimum Gasteiger partial charge on any atom is -0.309 e. The van der Waals surface area contributed by atoms with Gasteiger partial charge < -0.3 is 4.57 Å². The lowest BCUT2D eigenvalue weighted by Gasteiger charge is -2.16. The quantitative estimate of drug-likeness (QED) is 0.169. The molecule has 57 heavy (non-hydrogen) atoms. The molecule has 0 fully saturated rings. The van der Waals surface area contributed by atoms with Gasteiger partial charge in [0, 0.05) is 43.6 Å². The van der Waals surface area contributed by atoms with Crippen molar-refractivity contribution in [2.75, 3.05) is 0 Å². The summed E-state index contributed by atoms with van der Waals surface area (Å²) in [7, 11) is 0. The van der Waals surface area contributed by atoms with Gasteiger partial charge in [0.15, 0.2) is 5.82 Å². The summed E-state index contributed by atoms with van der Waals surface area (Å²) in [6, 6.07) is 59.4. The molecule has 4 heteroatoms. The van der Waals surface area contributed by atoms with E-state index in [0.29, 0.717) is 0 Å². The number of aromatic nitrogens is 4. The fourth-order valence-corrected chi connectivity index (χ4v) is 9.97. The maximum atomic E-state index is 5.63. The van der Waals surface area contributed by atoms with E-state index in [2.05, 4.69) is 186 Å². The van der Waals surface area contributed by atoms with E-state index in [4.69, 9.17) is 9.97 Å². The summed E-state index contributed by atoms with van der Waals surface area (Å²) in [4.78, 5) is 11.3. The highest BCUT2D eigenvalue weighted by Gasteiger charge is 2.28. The molecule has 9 aromatic carbocycles. The van der Waals surface area contributed by atoms with E-state index < -0.39 is 0 Å². The molecule has 0 amide bonds. The molecule has 0 saturated carbocycles. The van der Waals surface area contributed by atoms with Crippen LogP contribution in [0.2, 0.25) is 0 Å². The van der Waals surface area contributed by atoms with Crippen LogP contribution in [0.15, 0.2) is 170 Å². The second-order valence-electron chi connectivity index (χ2n) is 15.5. The molecular formula is C53H32N4. The van der Waals surface area contributed by atoms with Gasteiger partial charge in [-0.2, -0.15) is 0 Å². The van der Waals surface area contributed by atoms with E-state index in [1.807, 2.05) is 0 Å². The molecule has 0 aliphatic heterocycles. The van der Waals surface area contributed by atoms with Crippen LogP contribution in [0.3, 0.4) is 0 Å². The summed E-state index contributed by atoms with van der Waals surface area (Å²) in [5.74, 6) is 0.814. The van der Waals surface area contributed by atoms with Crippen molar-refractivity contribution < 1.29 is 0 Å². The van der Waals surface area contributed by atoms with Crippen molar-refractivity contribution in [3.8, 4) is 33.9 Å². The fraction of sp³-hybridized carbons (Fsp3) is 0.0189. The number of nitrogens with zero attached hydrogens (tertiary/aromatic N) is 4. The van der Waals surface area contributed by atoms with Gasteiger partial charge in [-0.05, 0) is 93.7 Å². The zero-order chi connectivity index (χ0) is 37.5. The zero-order valence-electron chi connectivity index (χ0n) is 31.1. The lowest BCUT2D eigenvalue weighted by atomic mass is 9.97. The number of allylic oxidation sites excluding steroid dienone is 1. The molecule has 3 aromatic heterocycles. The molecule has 13 rings (SSSR count). The van der Waals surface area contributed by atoms with Crippen LogP contribution in [0.1, 0.15) is 12.5 Å². The molecule has 12 aromatic rings. The van der Waals surface area contributed by atoms with Gasteiger partial charge in [-0.3, -0.25) is 4.57 Å². The molecule has 3 heterocycles. The number of hydrogen-bond donors (Lipinski definition) is 0. The highest BCUT2D eigenvalue weighted by molar-refractivity contribution is 6.38. The molecular weight excluding hydrogens is 693 g/mol. The predicted octanol–water partition coefficient (Wildman–Crippen LogP) is 14.0. The molecule has 0 atom stereocenters. The number of para-hydroxylation sites is 1. The van der Waals surface area contributed by atoms with Gasteiger partial charge in [-0.25, -0.2) is 9.97 Å². The van der Waals surface area contributed by atoms with Gasteiger partial charge in [0.2, 0.25) is 0 Å². The summed E-state index contributed by atoms with van der Waals surface area (Å²) in [5, 5.41) is 12.2. The smallest absolute Gasteiger partial charge is 0.165 e. The molecule has 0 unspecified atom stereocenters. The van der Waals surface area contributed by atoms with Crippen molar-refractivity contribution in [1.82, 2.24) is 19.1 Å². The van der Waals surface area contributed by atoms with Gasteiger partial charge in [0.1, 0.15) is 5.69 Å². The molecule has 0 radical (unpaired) electrons. The predicted molar refractivity (Wildman–Crippen MR) is 240 cm³/mol. The Balaban J connectivity index is 1.22. The van der Waals surface area contributed by atoms with Crippen molar-refractivity contribution in [2.45, 2.75) is 6.92 Å². The molecule has 1 aliphatic rings. The number of hydrogen-bond acceptors (Lipinski definition) is 2. The van der Waals surface area contributed by atoms with E-state index in [0.717, 1.165) is 72.1 Å². The summed E-state index contributed by atoms with van der Waals surface area (Å²) < 4.78 is 4.82. The third-order valence-corrected chi connectivity index (χ3v) is 12.4. The van der Waals surface area contributed by atoms with Crippen molar-refractivity contribution in [1.29, 1.82) is 0 Å².